The van der Waals surface area contributed by atoms with Gasteiger partial charge in [0.15, 0.2) is 0 Å². The van der Waals surface area contributed by atoms with Crippen LogP contribution in [0.4, 0.5) is 0 Å². The van der Waals surface area contributed by atoms with Crippen LogP contribution in [0.3, 0.4) is 0 Å². The molecule has 1 heterocycles. The molecule has 0 spiro atoms. The summed E-state index contributed by atoms with van der Waals surface area (Å²) in [7, 11) is 0. The zero-order chi connectivity index (χ0) is 11.5. The van der Waals surface area contributed by atoms with Crippen LogP contribution in [-0.4, -0.2) is 22.4 Å². The third kappa shape index (κ3) is 3.93. The predicted molar refractivity (Wildman–Crippen MR) is 64.1 cm³/mol. The fraction of sp³-hybridized carbons (Fsp3) is 0.667. The minimum atomic E-state index is -0.655. The molecule has 3 heteroatoms. The smallest absolute Gasteiger partial charge is 0.0847 e. The Balaban J connectivity index is 2.39. The Kier molecular flexibility index (Phi) is 4.32. The topological polar surface area (TPSA) is 40.5 Å². The number of aryl methyl sites for hydroxylation is 1. The first kappa shape index (κ1) is 12.7. The summed E-state index contributed by atoms with van der Waals surface area (Å²) in [5, 5.41) is 21.7. The fourth-order valence-corrected chi connectivity index (χ4v) is 2.20. The molecule has 2 atom stereocenters. The van der Waals surface area contributed by atoms with Gasteiger partial charge >= 0.3 is 0 Å². The van der Waals surface area contributed by atoms with E-state index in [-0.39, 0.29) is 5.41 Å². The third-order valence-electron chi connectivity index (χ3n) is 2.52. The van der Waals surface area contributed by atoms with E-state index in [0.29, 0.717) is 6.42 Å². The summed E-state index contributed by atoms with van der Waals surface area (Å²) in [5.41, 5.74) is -0.255. The van der Waals surface area contributed by atoms with Crippen LogP contribution in [0, 0.1) is 5.41 Å². The molecule has 2 unspecified atom stereocenters. The van der Waals surface area contributed by atoms with Gasteiger partial charge in [-0.3, -0.25) is 0 Å². The molecular formula is C12H20O2S. The van der Waals surface area contributed by atoms with Crippen molar-refractivity contribution in [3.05, 3.63) is 22.4 Å². The van der Waals surface area contributed by atoms with Gasteiger partial charge in [-0.05, 0) is 29.7 Å². The molecule has 86 valence electrons. The third-order valence-corrected chi connectivity index (χ3v) is 3.45. The minimum absolute atomic E-state index is 0.255. The highest BCUT2D eigenvalue weighted by Crippen LogP contribution is 2.24. The molecular weight excluding hydrogens is 208 g/mol. The quantitative estimate of drug-likeness (QED) is 0.831. The maximum atomic E-state index is 9.84. The van der Waals surface area contributed by atoms with Crippen molar-refractivity contribution in [3.8, 4) is 0 Å². The van der Waals surface area contributed by atoms with Gasteiger partial charge in [0.05, 0.1) is 12.2 Å². The van der Waals surface area contributed by atoms with Gasteiger partial charge in [0, 0.05) is 4.88 Å². The van der Waals surface area contributed by atoms with Crippen LogP contribution < -0.4 is 0 Å². The molecule has 0 aliphatic heterocycles. The summed E-state index contributed by atoms with van der Waals surface area (Å²) in [6.07, 6.45) is 0.176. The molecule has 0 fully saturated rings. The number of rotatable bonds is 4. The molecule has 1 aromatic heterocycles. The van der Waals surface area contributed by atoms with E-state index in [0.717, 1.165) is 6.42 Å². The Morgan fingerprint density at radius 3 is 2.47 bits per heavy atom. The second-order valence-corrected chi connectivity index (χ2v) is 6.03. The van der Waals surface area contributed by atoms with E-state index in [1.165, 1.54) is 4.88 Å². The van der Waals surface area contributed by atoms with Crippen molar-refractivity contribution in [3.63, 3.8) is 0 Å². The van der Waals surface area contributed by atoms with Crippen LogP contribution in [0.5, 0.6) is 0 Å². The fourth-order valence-electron chi connectivity index (χ4n) is 1.48. The van der Waals surface area contributed by atoms with Crippen LogP contribution in [0.1, 0.15) is 32.1 Å². The second kappa shape index (κ2) is 5.10. The first-order chi connectivity index (χ1) is 6.91. The van der Waals surface area contributed by atoms with Crippen molar-refractivity contribution >= 4 is 11.3 Å². The lowest BCUT2D eigenvalue weighted by atomic mass is 9.84. The highest BCUT2D eigenvalue weighted by atomic mass is 32.1. The average molecular weight is 228 g/mol. The van der Waals surface area contributed by atoms with E-state index in [1.807, 2.05) is 32.2 Å². The minimum Gasteiger partial charge on any atom is -0.390 e. The van der Waals surface area contributed by atoms with Gasteiger partial charge in [-0.1, -0.05) is 26.8 Å². The van der Waals surface area contributed by atoms with Crippen molar-refractivity contribution in [2.24, 2.45) is 5.41 Å². The number of aliphatic hydroxyl groups excluding tert-OH is 2. The molecule has 0 amide bonds. The van der Waals surface area contributed by atoms with Crippen LogP contribution in [0.25, 0.3) is 0 Å². The first-order valence-electron chi connectivity index (χ1n) is 5.30. The molecule has 0 aromatic carbocycles. The van der Waals surface area contributed by atoms with Crippen LogP contribution in [0.2, 0.25) is 0 Å². The predicted octanol–water partition coefficient (Wildman–Crippen LogP) is 2.45. The summed E-state index contributed by atoms with van der Waals surface area (Å²) < 4.78 is 0. The molecule has 0 aliphatic carbocycles. The van der Waals surface area contributed by atoms with Crippen molar-refractivity contribution in [2.45, 2.75) is 45.8 Å². The molecule has 15 heavy (non-hydrogen) atoms. The molecule has 1 aromatic rings. The Labute approximate surface area is 95.6 Å². The van der Waals surface area contributed by atoms with E-state index in [9.17, 15) is 10.2 Å². The second-order valence-electron chi connectivity index (χ2n) is 5.00. The van der Waals surface area contributed by atoms with Gasteiger partial charge in [-0.2, -0.15) is 0 Å². The highest BCUT2D eigenvalue weighted by molar-refractivity contribution is 7.09. The lowest BCUT2D eigenvalue weighted by Gasteiger charge is -2.29. The maximum Gasteiger partial charge on any atom is 0.0847 e. The first-order valence-corrected chi connectivity index (χ1v) is 6.18. The lowest BCUT2D eigenvalue weighted by molar-refractivity contribution is -0.0469. The van der Waals surface area contributed by atoms with Gasteiger partial charge in [-0.25, -0.2) is 0 Å². The number of hydrogen-bond acceptors (Lipinski definition) is 3. The van der Waals surface area contributed by atoms with E-state index < -0.39 is 12.2 Å². The summed E-state index contributed by atoms with van der Waals surface area (Å²) in [6.45, 7) is 5.81. The van der Waals surface area contributed by atoms with Gasteiger partial charge in [0.25, 0.3) is 0 Å². The molecule has 2 nitrogen and oxygen atoms in total. The highest BCUT2D eigenvalue weighted by Gasteiger charge is 2.28. The summed E-state index contributed by atoms with van der Waals surface area (Å²) in [5.74, 6) is 0. The number of thiophene rings is 1. The Hall–Kier alpha value is -0.380. The molecule has 0 saturated heterocycles. The summed E-state index contributed by atoms with van der Waals surface area (Å²) >= 11 is 1.69. The molecule has 0 aliphatic rings. The van der Waals surface area contributed by atoms with E-state index in [2.05, 4.69) is 6.07 Å². The van der Waals surface area contributed by atoms with Crippen molar-refractivity contribution in [1.29, 1.82) is 0 Å². The van der Waals surface area contributed by atoms with Crippen LogP contribution in [0.15, 0.2) is 17.5 Å². The number of hydrogen-bond donors (Lipinski definition) is 2. The molecule has 0 radical (unpaired) electrons. The summed E-state index contributed by atoms with van der Waals surface area (Å²) in [6, 6.07) is 4.06. The van der Waals surface area contributed by atoms with E-state index in [1.54, 1.807) is 11.3 Å². The average Bonchev–Trinajstić information content (AvgIpc) is 2.63. The zero-order valence-electron chi connectivity index (χ0n) is 9.60. The summed E-state index contributed by atoms with van der Waals surface area (Å²) in [4.78, 5) is 1.26. The van der Waals surface area contributed by atoms with Gasteiger partial charge in [0.2, 0.25) is 0 Å². The Morgan fingerprint density at radius 2 is 2.00 bits per heavy atom. The van der Waals surface area contributed by atoms with E-state index in [4.69, 9.17) is 0 Å². The Morgan fingerprint density at radius 1 is 1.33 bits per heavy atom. The van der Waals surface area contributed by atoms with Gasteiger partial charge in [0.1, 0.15) is 0 Å². The normalized spacial score (nSPS) is 16.3. The maximum absolute atomic E-state index is 9.84. The number of aliphatic hydroxyl groups is 2. The van der Waals surface area contributed by atoms with E-state index >= 15 is 0 Å². The Bertz CT molecular complexity index is 274. The van der Waals surface area contributed by atoms with Crippen molar-refractivity contribution in [2.75, 3.05) is 0 Å². The largest absolute Gasteiger partial charge is 0.390 e. The van der Waals surface area contributed by atoms with Gasteiger partial charge in [-0.15, -0.1) is 11.3 Å². The standard InChI is InChI=1S/C12H20O2S/c1-12(2,3)11(14)10(13)7-6-9-5-4-8-15-9/h4-5,8,10-11,13-14H,6-7H2,1-3H3. The zero-order valence-corrected chi connectivity index (χ0v) is 10.4. The van der Waals surface area contributed by atoms with Crippen molar-refractivity contribution < 1.29 is 10.2 Å². The monoisotopic (exact) mass is 228 g/mol. The molecule has 2 N–H and O–H groups in total. The lowest BCUT2D eigenvalue weighted by Crippen LogP contribution is -2.37. The molecule has 0 bridgehead atoms. The van der Waals surface area contributed by atoms with Crippen LogP contribution >= 0.6 is 11.3 Å². The molecule has 1 rings (SSSR count). The van der Waals surface area contributed by atoms with Crippen molar-refractivity contribution in [1.82, 2.24) is 0 Å². The van der Waals surface area contributed by atoms with Gasteiger partial charge < -0.3 is 10.2 Å². The van der Waals surface area contributed by atoms with Crippen LogP contribution in [-0.2, 0) is 6.42 Å². The molecule has 0 saturated carbocycles. The SMILES string of the molecule is CC(C)(C)C(O)C(O)CCc1cccs1.